The molecule has 1 aliphatic rings. The van der Waals surface area contributed by atoms with E-state index in [1.54, 1.807) is 23.9 Å². The molecule has 0 bridgehead atoms. The summed E-state index contributed by atoms with van der Waals surface area (Å²) in [6.45, 7) is -2.85. The zero-order chi connectivity index (χ0) is 19.1. The van der Waals surface area contributed by atoms with E-state index in [1.165, 1.54) is 37.8 Å². The van der Waals surface area contributed by atoms with Crippen molar-refractivity contribution >= 4 is 17.7 Å². The van der Waals surface area contributed by atoms with Gasteiger partial charge in [-0.25, -0.2) is 0 Å². The number of hydrogen-bond acceptors (Lipinski definition) is 3. The summed E-state index contributed by atoms with van der Waals surface area (Å²) in [6.07, 6.45) is 4.87. The SMILES string of the molecule is O=C(CSC1CCCC1)N[C@@H](c1ccccc1)c1ccc(OC(F)F)cc1. The number of carbonyl (C=O) groups is 1. The van der Waals surface area contributed by atoms with Crippen molar-refractivity contribution in [3.8, 4) is 5.75 Å². The van der Waals surface area contributed by atoms with Crippen molar-refractivity contribution in [3.63, 3.8) is 0 Å². The van der Waals surface area contributed by atoms with Crippen molar-refractivity contribution in [2.45, 2.75) is 43.6 Å². The lowest BCUT2D eigenvalue weighted by atomic mass is 9.98. The maximum atomic E-state index is 12.5. The van der Waals surface area contributed by atoms with Crippen molar-refractivity contribution in [3.05, 3.63) is 65.7 Å². The first-order chi connectivity index (χ1) is 13.1. The number of benzene rings is 2. The fourth-order valence-electron chi connectivity index (χ4n) is 3.30. The molecule has 1 atom stereocenters. The summed E-state index contributed by atoms with van der Waals surface area (Å²) < 4.78 is 29.1. The van der Waals surface area contributed by atoms with Crippen LogP contribution < -0.4 is 10.1 Å². The van der Waals surface area contributed by atoms with Gasteiger partial charge >= 0.3 is 6.61 Å². The highest BCUT2D eigenvalue weighted by atomic mass is 32.2. The second kappa shape index (κ2) is 9.74. The van der Waals surface area contributed by atoms with E-state index in [9.17, 15) is 13.6 Å². The van der Waals surface area contributed by atoms with Crippen molar-refractivity contribution < 1.29 is 18.3 Å². The minimum absolute atomic E-state index is 0.0198. The predicted molar refractivity (Wildman–Crippen MR) is 104 cm³/mol. The number of alkyl halides is 2. The van der Waals surface area contributed by atoms with Crippen LogP contribution in [0.25, 0.3) is 0 Å². The number of amides is 1. The zero-order valence-corrected chi connectivity index (χ0v) is 15.8. The third-order valence-electron chi connectivity index (χ3n) is 4.63. The molecule has 144 valence electrons. The smallest absolute Gasteiger partial charge is 0.387 e. The molecule has 0 heterocycles. The van der Waals surface area contributed by atoms with Gasteiger partial charge in [-0.3, -0.25) is 4.79 Å². The zero-order valence-electron chi connectivity index (χ0n) is 14.9. The molecular formula is C21H23F2NO2S. The molecule has 0 spiro atoms. The van der Waals surface area contributed by atoms with Gasteiger partial charge in [0.1, 0.15) is 5.75 Å². The van der Waals surface area contributed by atoms with E-state index < -0.39 is 6.61 Å². The van der Waals surface area contributed by atoms with Gasteiger partial charge in [-0.2, -0.15) is 8.78 Å². The Labute approximate surface area is 162 Å². The average Bonchev–Trinajstić information content (AvgIpc) is 3.19. The molecule has 2 aromatic rings. The first-order valence-corrected chi connectivity index (χ1v) is 10.2. The first-order valence-electron chi connectivity index (χ1n) is 9.12. The fourth-order valence-corrected chi connectivity index (χ4v) is 4.43. The van der Waals surface area contributed by atoms with Crippen LogP contribution in [0.5, 0.6) is 5.75 Å². The molecular weight excluding hydrogens is 368 g/mol. The molecule has 2 aromatic carbocycles. The van der Waals surface area contributed by atoms with Gasteiger partial charge in [-0.1, -0.05) is 55.3 Å². The average molecular weight is 391 g/mol. The van der Waals surface area contributed by atoms with Gasteiger partial charge in [0.2, 0.25) is 5.91 Å². The number of rotatable bonds is 8. The van der Waals surface area contributed by atoms with Crippen LogP contribution in [0.1, 0.15) is 42.9 Å². The molecule has 0 aromatic heterocycles. The van der Waals surface area contributed by atoms with E-state index in [-0.39, 0.29) is 17.7 Å². The van der Waals surface area contributed by atoms with E-state index in [0.717, 1.165) is 11.1 Å². The molecule has 6 heteroatoms. The molecule has 0 saturated heterocycles. The van der Waals surface area contributed by atoms with Crippen LogP contribution in [0.15, 0.2) is 54.6 Å². The lowest BCUT2D eigenvalue weighted by Gasteiger charge is -2.21. The number of hydrogen-bond donors (Lipinski definition) is 1. The Hall–Kier alpha value is -2.08. The molecule has 0 radical (unpaired) electrons. The second-order valence-corrected chi connectivity index (χ2v) is 7.86. The number of halogens is 2. The Morgan fingerprint density at radius 1 is 1.04 bits per heavy atom. The summed E-state index contributed by atoms with van der Waals surface area (Å²) in [5.74, 6) is 0.512. The molecule has 1 N–H and O–H groups in total. The van der Waals surface area contributed by atoms with E-state index in [1.807, 2.05) is 30.3 Å². The lowest BCUT2D eigenvalue weighted by Crippen LogP contribution is -2.31. The number of nitrogens with one attached hydrogen (secondary N) is 1. The number of ether oxygens (including phenoxy) is 1. The number of thioether (sulfide) groups is 1. The summed E-state index contributed by atoms with van der Waals surface area (Å²) in [6, 6.07) is 15.7. The highest BCUT2D eigenvalue weighted by Crippen LogP contribution is 2.30. The van der Waals surface area contributed by atoms with E-state index in [0.29, 0.717) is 11.0 Å². The maximum Gasteiger partial charge on any atom is 0.387 e. The summed E-state index contributed by atoms with van der Waals surface area (Å²) in [5.41, 5.74) is 1.77. The van der Waals surface area contributed by atoms with Gasteiger partial charge < -0.3 is 10.1 Å². The Bertz CT molecular complexity index is 719. The molecule has 0 unspecified atom stereocenters. The standard InChI is InChI=1S/C21H23F2NO2S/c22-21(23)26-17-12-10-16(11-13-17)20(15-6-2-1-3-7-15)24-19(25)14-27-18-8-4-5-9-18/h1-3,6-7,10-13,18,20-21H,4-5,8-9,14H2,(H,24,25)/t20-/m0/s1. The third kappa shape index (κ3) is 5.96. The highest BCUT2D eigenvalue weighted by Gasteiger charge is 2.20. The molecule has 1 fully saturated rings. The molecule has 3 nitrogen and oxygen atoms in total. The van der Waals surface area contributed by atoms with E-state index in [4.69, 9.17) is 0 Å². The quantitative estimate of drug-likeness (QED) is 0.675. The molecule has 27 heavy (non-hydrogen) atoms. The fraction of sp³-hybridized carbons (Fsp3) is 0.381. The third-order valence-corrected chi connectivity index (χ3v) is 6.00. The molecule has 1 aliphatic carbocycles. The first kappa shape index (κ1) is 19.7. The molecule has 1 amide bonds. The Balaban J connectivity index is 1.70. The second-order valence-electron chi connectivity index (χ2n) is 6.58. The van der Waals surface area contributed by atoms with Gasteiger partial charge in [0.15, 0.2) is 0 Å². The van der Waals surface area contributed by atoms with E-state index >= 15 is 0 Å². The van der Waals surface area contributed by atoms with Crippen LogP contribution in [0.2, 0.25) is 0 Å². The maximum absolute atomic E-state index is 12.5. The molecule has 0 aliphatic heterocycles. The van der Waals surface area contributed by atoms with Crippen LogP contribution in [0.3, 0.4) is 0 Å². The van der Waals surface area contributed by atoms with Gasteiger partial charge in [0.05, 0.1) is 11.8 Å². The van der Waals surface area contributed by atoms with Crippen molar-refractivity contribution in [2.75, 3.05) is 5.75 Å². The topological polar surface area (TPSA) is 38.3 Å². The minimum Gasteiger partial charge on any atom is -0.435 e. The monoisotopic (exact) mass is 391 g/mol. The van der Waals surface area contributed by atoms with Crippen LogP contribution in [0, 0.1) is 0 Å². The predicted octanol–water partition coefficient (Wildman–Crippen LogP) is 5.17. The van der Waals surface area contributed by atoms with Gasteiger partial charge in [-0.05, 0) is 36.1 Å². The lowest BCUT2D eigenvalue weighted by molar-refractivity contribution is -0.119. The van der Waals surface area contributed by atoms with Gasteiger partial charge in [-0.15, -0.1) is 11.8 Å². The largest absolute Gasteiger partial charge is 0.435 e. The van der Waals surface area contributed by atoms with Crippen LogP contribution in [0.4, 0.5) is 8.78 Å². The van der Waals surface area contributed by atoms with Crippen LogP contribution >= 0.6 is 11.8 Å². The minimum atomic E-state index is -2.85. The molecule has 3 rings (SSSR count). The Morgan fingerprint density at radius 2 is 1.67 bits per heavy atom. The van der Waals surface area contributed by atoms with Crippen LogP contribution in [-0.2, 0) is 4.79 Å². The van der Waals surface area contributed by atoms with Gasteiger partial charge in [0, 0.05) is 5.25 Å². The number of carbonyl (C=O) groups excluding carboxylic acids is 1. The van der Waals surface area contributed by atoms with Crippen molar-refractivity contribution in [1.29, 1.82) is 0 Å². The highest BCUT2D eigenvalue weighted by molar-refractivity contribution is 8.00. The van der Waals surface area contributed by atoms with Crippen molar-refractivity contribution in [2.24, 2.45) is 0 Å². The van der Waals surface area contributed by atoms with E-state index in [2.05, 4.69) is 10.1 Å². The van der Waals surface area contributed by atoms with Crippen molar-refractivity contribution in [1.82, 2.24) is 5.32 Å². The Kier molecular flexibility index (Phi) is 7.10. The molecule has 1 saturated carbocycles. The summed E-state index contributed by atoms with van der Waals surface area (Å²) in [7, 11) is 0. The summed E-state index contributed by atoms with van der Waals surface area (Å²) in [4.78, 5) is 12.5. The van der Waals surface area contributed by atoms with Gasteiger partial charge in [0.25, 0.3) is 0 Å². The normalized spacial score (nSPS) is 15.7. The Morgan fingerprint density at radius 3 is 2.30 bits per heavy atom. The summed E-state index contributed by atoms with van der Waals surface area (Å²) in [5, 5.41) is 3.67. The summed E-state index contributed by atoms with van der Waals surface area (Å²) >= 11 is 1.72. The van der Waals surface area contributed by atoms with Crippen LogP contribution in [-0.4, -0.2) is 23.5 Å².